The highest BCUT2D eigenvalue weighted by Gasteiger charge is 2.56. The lowest BCUT2D eigenvalue weighted by Crippen LogP contribution is -2.56. The summed E-state index contributed by atoms with van der Waals surface area (Å²) in [4.78, 5) is 35.3. The molecule has 3 aliphatic rings. The van der Waals surface area contributed by atoms with E-state index in [0.717, 1.165) is 65.0 Å². The fraction of sp³-hybridized carbons (Fsp3) is 0.371. The fourth-order valence-corrected chi connectivity index (χ4v) is 7.61. The molecular formula is C35H37N7O4. The molecule has 0 radical (unpaired) electrons. The Kier molecular flexibility index (Phi) is 6.66. The van der Waals surface area contributed by atoms with Crippen LogP contribution in [0.15, 0.2) is 54.7 Å². The number of amides is 1. The van der Waals surface area contributed by atoms with E-state index in [1.54, 1.807) is 19.4 Å². The van der Waals surface area contributed by atoms with Crippen LogP contribution in [0.4, 0.5) is 10.6 Å². The molecule has 2 saturated carbocycles. The summed E-state index contributed by atoms with van der Waals surface area (Å²) >= 11 is 0. The molecule has 0 unspecified atom stereocenters. The number of pyridine rings is 1. The van der Waals surface area contributed by atoms with Gasteiger partial charge in [-0.05, 0) is 67.9 Å². The number of ketones is 1. The van der Waals surface area contributed by atoms with E-state index < -0.39 is 11.6 Å². The lowest BCUT2D eigenvalue weighted by Gasteiger charge is -2.29. The molecule has 0 spiro atoms. The van der Waals surface area contributed by atoms with Crippen molar-refractivity contribution in [2.75, 3.05) is 26.1 Å². The molecule has 2 aliphatic carbocycles. The molecule has 2 bridgehead atoms. The summed E-state index contributed by atoms with van der Waals surface area (Å²) in [6.07, 6.45) is 5.30. The average molecular weight is 620 g/mol. The van der Waals surface area contributed by atoms with Gasteiger partial charge in [-0.25, -0.2) is 14.8 Å². The van der Waals surface area contributed by atoms with Gasteiger partial charge in [0, 0.05) is 54.5 Å². The molecule has 2 aromatic carbocycles. The van der Waals surface area contributed by atoms with E-state index in [-0.39, 0.29) is 11.8 Å². The van der Waals surface area contributed by atoms with Gasteiger partial charge in [0.2, 0.25) is 0 Å². The van der Waals surface area contributed by atoms with Crippen LogP contribution in [0.25, 0.3) is 44.6 Å². The number of hydrogen-bond donors (Lipinski definition) is 3. The number of nitrogens with one attached hydrogen (secondary N) is 2. The first-order chi connectivity index (χ1) is 22.3. The Morgan fingerprint density at radius 1 is 1.11 bits per heavy atom. The van der Waals surface area contributed by atoms with Gasteiger partial charge in [-0.2, -0.15) is 0 Å². The van der Waals surface area contributed by atoms with Gasteiger partial charge in [0.15, 0.2) is 11.6 Å². The molecule has 8 rings (SSSR count). The molecule has 1 saturated heterocycles. The largest absolute Gasteiger partial charge is 0.494 e. The Morgan fingerprint density at radius 3 is 2.61 bits per heavy atom. The number of aromatic nitrogens is 4. The Hall–Kier alpha value is -4.74. The summed E-state index contributed by atoms with van der Waals surface area (Å²) in [5.74, 6) is 2.77. The smallest absolute Gasteiger partial charge is 0.412 e. The van der Waals surface area contributed by atoms with E-state index in [0.29, 0.717) is 34.5 Å². The third-order valence-corrected chi connectivity index (χ3v) is 10.3. The van der Waals surface area contributed by atoms with Gasteiger partial charge in [0.1, 0.15) is 17.1 Å². The molecule has 1 aliphatic heterocycles. The van der Waals surface area contributed by atoms with E-state index in [9.17, 15) is 9.59 Å². The molecular weight excluding hydrogens is 582 g/mol. The summed E-state index contributed by atoms with van der Waals surface area (Å²) < 4.78 is 15.0. The van der Waals surface area contributed by atoms with Crippen molar-refractivity contribution >= 4 is 39.6 Å². The number of nitrogens with zero attached hydrogens (tertiary/aromatic N) is 4. The quantitative estimate of drug-likeness (QED) is 0.204. The van der Waals surface area contributed by atoms with Crippen LogP contribution in [-0.2, 0) is 18.3 Å². The molecule has 4 heterocycles. The number of hydrogen-bond acceptors (Lipinski definition) is 8. The lowest BCUT2D eigenvalue weighted by atomic mass is 9.85. The minimum atomic E-state index is -0.726. The van der Waals surface area contributed by atoms with Gasteiger partial charge < -0.3 is 29.7 Å². The highest BCUT2D eigenvalue weighted by atomic mass is 16.5. The van der Waals surface area contributed by atoms with Crippen LogP contribution in [0.1, 0.15) is 36.0 Å². The summed E-state index contributed by atoms with van der Waals surface area (Å²) in [7, 11) is 4.96. The van der Waals surface area contributed by atoms with E-state index in [4.69, 9.17) is 20.2 Å². The highest BCUT2D eigenvalue weighted by Crippen LogP contribution is 2.43. The van der Waals surface area contributed by atoms with Crippen LogP contribution in [0, 0.1) is 11.8 Å². The van der Waals surface area contributed by atoms with Crippen LogP contribution in [0.2, 0.25) is 0 Å². The minimum absolute atomic E-state index is 0.0151. The number of ether oxygens (including phenoxy) is 2. The second-order valence-corrected chi connectivity index (χ2v) is 12.9. The monoisotopic (exact) mass is 619 g/mol. The van der Waals surface area contributed by atoms with Crippen LogP contribution < -0.4 is 21.1 Å². The second kappa shape index (κ2) is 10.7. The Labute approximate surface area is 266 Å². The van der Waals surface area contributed by atoms with Crippen molar-refractivity contribution < 1.29 is 19.1 Å². The molecule has 5 aromatic rings. The number of nitrogens with two attached hydrogens (primary N) is 1. The first-order valence-corrected chi connectivity index (χ1v) is 15.8. The molecule has 3 atom stereocenters. The van der Waals surface area contributed by atoms with Gasteiger partial charge in [0.25, 0.3) is 0 Å². The van der Waals surface area contributed by atoms with Crippen molar-refractivity contribution in [2.24, 2.45) is 24.6 Å². The first-order valence-electron chi connectivity index (χ1n) is 15.8. The third kappa shape index (κ3) is 4.40. The first kappa shape index (κ1) is 28.7. The van der Waals surface area contributed by atoms with Gasteiger partial charge >= 0.3 is 6.09 Å². The van der Waals surface area contributed by atoms with E-state index >= 15 is 0 Å². The predicted octanol–water partition coefficient (Wildman–Crippen LogP) is 5.12. The number of methoxy groups -OCH3 is 2. The maximum atomic E-state index is 14.0. The normalized spacial score (nSPS) is 22.1. The molecule has 4 N–H and O–H groups in total. The summed E-state index contributed by atoms with van der Waals surface area (Å²) in [6.45, 7) is 1.64. The number of benzene rings is 2. The lowest BCUT2D eigenvalue weighted by molar-refractivity contribution is 0.0858. The highest BCUT2D eigenvalue weighted by molar-refractivity contribution is 6.07. The Balaban J connectivity index is 1.25. The minimum Gasteiger partial charge on any atom is -0.494 e. The zero-order valence-corrected chi connectivity index (χ0v) is 26.2. The van der Waals surface area contributed by atoms with Gasteiger partial charge in [-0.1, -0.05) is 18.2 Å². The SMILES string of the molecule is COC(=O)Nc1ccc(-c2cccc3cc(-c4nc5cc(C(=O)[C@]67CC[C@H](CN6)[C@H]7N)cc(OC)c5n4C)n(CC4CC4)c23)cn1. The molecule has 11 nitrogen and oxygen atoms in total. The topological polar surface area (TPSA) is 138 Å². The molecule has 46 heavy (non-hydrogen) atoms. The number of carbonyl (C=O) groups is 2. The van der Waals surface area contributed by atoms with Crippen LogP contribution in [0.3, 0.4) is 0 Å². The number of rotatable bonds is 8. The molecule has 1 amide bonds. The summed E-state index contributed by atoms with van der Waals surface area (Å²) in [5.41, 5.74) is 12.0. The van der Waals surface area contributed by atoms with E-state index in [2.05, 4.69) is 43.0 Å². The Morgan fingerprint density at radius 2 is 1.96 bits per heavy atom. The van der Waals surface area contributed by atoms with Crippen molar-refractivity contribution in [1.82, 2.24) is 24.4 Å². The number of Topliss-reactive ketones (excluding diaryl/α,β-unsaturated/α-hetero) is 1. The van der Waals surface area contributed by atoms with Crippen LogP contribution >= 0.6 is 0 Å². The van der Waals surface area contributed by atoms with Crippen molar-refractivity contribution in [1.29, 1.82) is 0 Å². The van der Waals surface area contributed by atoms with Gasteiger partial charge in [0.05, 0.1) is 36.5 Å². The number of fused-ring (bicyclic) bond motifs is 4. The van der Waals surface area contributed by atoms with Crippen molar-refractivity contribution in [3.8, 4) is 28.4 Å². The van der Waals surface area contributed by atoms with Crippen molar-refractivity contribution in [3.63, 3.8) is 0 Å². The van der Waals surface area contributed by atoms with E-state index in [1.807, 2.05) is 31.3 Å². The predicted molar refractivity (Wildman–Crippen MR) is 176 cm³/mol. The number of carbonyl (C=O) groups excluding carboxylic acids is 2. The zero-order chi connectivity index (χ0) is 31.7. The number of anilines is 1. The maximum Gasteiger partial charge on any atom is 0.412 e. The van der Waals surface area contributed by atoms with Crippen molar-refractivity contribution in [2.45, 2.75) is 43.8 Å². The fourth-order valence-electron chi connectivity index (χ4n) is 7.61. The zero-order valence-electron chi connectivity index (χ0n) is 26.2. The summed E-state index contributed by atoms with van der Waals surface area (Å²) in [6, 6.07) is 15.7. The molecule has 3 aromatic heterocycles. The summed E-state index contributed by atoms with van der Waals surface area (Å²) in [5, 5.41) is 7.16. The second-order valence-electron chi connectivity index (χ2n) is 12.9. The maximum absolute atomic E-state index is 14.0. The van der Waals surface area contributed by atoms with Gasteiger partial charge in [-0.3, -0.25) is 10.1 Å². The number of piperidine rings is 1. The average Bonchev–Trinajstić information content (AvgIpc) is 3.49. The Bertz CT molecular complexity index is 2020. The molecule has 11 heteroatoms. The number of aryl methyl sites for hydroxylation is 1. The van der Waals surface area contributed by atoms with E-state index in [1.165, 1.54) is 20.0 Å². The molecule has 3 fully saturated rings. The number of para-hydroxylation sites is 1. The number of imidazole rings is 1. The van der Waals surface area contributed by atoms with Gasteiger partial charge in [-0.15, -0.1) is 0 Å². The van der Waals surface area contributed by atoms with Crippen LogP contribution in [-0.4, -0.2) is 63.3 Å². The standard InChI is InChI=1S/C35H37N7O4/c1-41-30-25(13-23(15-27(30)45-2)32(43)35-12-11-22(17-38-35)31(35)36)39-33(41)26-14-20-5-4-6-24(29(20)42(26)18-19-7-8-19)21-9-10-28(37-16-21)40-34(44)46-3/h4-6,9-10,13-16,19,22,31,38H,7-8,11-12,17-18,36H2,1-3H3,(H,37,40,44)/t22-,31-,35-/m1/s1. The molecule has 236 valence electrons. The van der Waals surface area contributed by atoms with Crippen LogP contribution in [0.5, 0.6) is 5.75 Å². The van der Waals surface area contributed by atoms with Crippen molar-refractivity contribution in [3.05, 3.63) is 60.3 Å². The third-order valence-electron chi connectivity index (χ3n) is 10.3.